The Hall–Kier alpha value is -1.58. The van der Waals surface area contributed by atoms with Crippen molar-refractivity contribution in [1.29, 1.82) is 0 Å². The number of hydrogen-bond acceptors (Lipinski definition) is 2. The van der Waals surface area contributed by atoms with Crippen molar-refractivity contribution >= 4 is 11.8 Å². The van der Waals surface area contributed by atoms with Crippen molar-refractivity contribution in [2.75, 3.05) is 26.7 Å². The Kier molecular flexibility index (Phi) is 7.70. The molecule has 0 aromatic rings. The average molecular weight is 278 g/mol. The van der Waals surface area contributed by atoms with E-state index in [1.165, 1.54) is 6.42 Å². The van der Waals surface area contributed by atoms with Crippen LogP contribution in [0.1, 0.15) is 39.0 Å². The van der Waals surface area contributed by atoms with E-state index in [1.54, 1.807) is 23.1 Å². The smallest absolute Gasteiger partial charge is 0.246 e. The van der Waals surface area contributed by atoms with E-state index >= 15 is 0 Å². The van der Waals surface area contributed by atoms with Crippen LogP contribution in [0.3, 0.4) is 0 Å². The summed E-state index contributed by atoms with van der Waals surface area (Å²) in [6, 6.07) is 0. The van der Waals surface area contributed by atoms with Crippen LogP contribution in [0.2, 0.25) is 0 Å². The summed E-state index contributed by atoms with van der Waals surface area (Å²) in [7, 11) is 1.84. The summed E-state index contributed by atoms with van der Waals surface area (Å²) < 4.78 is 0. The highest BCUT2D eigenvalue weighted by Crippen LogP contribution is 2.08. The average Bonchev–Trinajstić information content (AvgIpc) is 2.83. The first-order chi connectivity index (χ1) is 9.65. The largest absolute Gasteiger partial charge is 0.342 e. The van der Waals surface area contributed by atoms with Crippen molar-refractivity contribution < 1.29 is 9.59 Å². The number of amides is 2. The van der Waals surface area contributed by atoms with E-state index in [2.05, 4.69) is 0 Å². The minimum absolute atomic E-state index is 0.0764. The lowest BCUT2D eigenvalue weighted by atomic mass is 10.1. The van der Waals surface area contributed by atoms with E-state index in [4.69, 9.17) is 0 Å². The third-order valence-electron chi connectivity index (χ3n) is 3.50. The molecule has 0 bridgehead atoms. The van der Waals surface area contributed by atoms with Gasteiger partial charge in [-0.1, -0.05) is 31.4 Å². The Bertz CT molecular complexity index is 375. The van der Waals surface area contributed by atoms with Crippen LogP contribution in [0.4, 0.5) is 0 Å². The lowest BCUT2D eigenvalue weighted by molar-refractivity contribution is -0.125. The third-order valence-corrected chi connectivity index (χ3v) is 3.50. The fraction of sp³-hybridized carbons (Fsp3) is 0.625. The summed E-state index contributed by atoms with van der Waals surface area (Å²) in [5.74, 6) is 0.224. The van der Waals surface area contributed by atoms with Gasteiger partial charge in [-0.2, -0.15) is 0 Å². The van der Waals surface area contributed by atoms with Crippen LogP contribution in [0.15, 0.2) is 24.3 Å². The first-order valence-corrected chi connectivity index (χ1v) is 7.48. The molecule has 0 unspecified atom stereocenters. The molecule has 0 spiro atoms. The summed E-state index contributed by atoms with van der Waals surface area (Å²) in [5.41, 5.74) is 0. The standard InChI is InChI=1S/C16H26N2O2/c1-3-10-15(19)17(2)12-7-5-4-6-8-13-18-14-9-11-16(18)20/h3,9-11H,4-8,12-14H2,1-2H3/b10-3-. The normalized spacial score (nSPS) is 14.5. The number of likely N-dealkylation sites (N-methyl/N-ethyl adjacent to an activating group) is 1. The molecule has 0 atom stereocenters. The number of unbranched alkanes of at least 4 members (excludes halogenated alkanes) is 4. The van der Waals surface area contributed by atoms with Gasteiger partial charge in [0.2, 0.25) is 11.8 Å². The van der Waals surface area contributed by atoms with E-state index in [-0.39, 0.29) is 11.8 Å². The number of carbonyl (C=O) groups is 2. The van der Waals surface area contributed by atoms with Crippen molar-refractivity contribution in [2.45, 2.75) is 39.0 Å². The minimum atomic E-state index is 0.0764. The predicted molar refractivity (Wildman–Crippen MR) is 81.3 cm³/mol. The van der Waals surface area contributed by atoms with Gasteiger partial charge in [0.25, 0.3) is 0 Å². The zero-order chi connectivity index (χ0) is 14.8. The zero-order valence-electron chi connectivity index (χ0n) is 12.7. The van der Waals surface area contributed by atoms with Crippen LogP contribution in [-0.2, 0) is 9.59 Å². The second-order valence-electron chi connectivity index (χ2n) is 5.21. The monoisotopic (exact) mass is 278 g/mol. The lowest BCUT2D eigenvalue weighted by Gasteiger charge is -2.16. The van der Waals surface area contributed by atoms with Crippen LogP contribution >= 0.6 is 0 Å². The molecular weight excluding hydrogens is 252 g/mol. The first kappa shape index (κ1) is 16.5. The maximum absolute atomic E-state index is 11.5. The molecule has 4 heteroatoms. The number of rotatable bonds is 9. The minimum Gasteiger partial charge on any atom is -0.342 e. The van der Waals surface area contributed by atoms with E-state index in [0.29, 0.717) is 0 Å². The third kappa shape index (κ3) is 6.04. The van der Waals surface area contributed by atoms with Crippen LogP contribution in [0.5, 0.6) is 0 Å². The molecule has 20 heavy (non-hydrogen) atoms. The van der Waals surface area contributed by atoms with Gasteiger partial charge in [-0.15, -0.1) is 0 Å². The van der Waals surface area contributed by atoms with E-state index < -0.39 is 0 Å². The molecular formula is C16H26N2O2. The van der Waals surface area contributed by atoms with Gasteiger partial charge in [0.1, 0.15) is 0 Å². The summed E-state index contributed by atoms with van der Waals surface area (Å²) in [6.07, 6.45) is 12.5. The highest BCUT2D eigenvalue weighted by Gasteiger charge is 2.12. The van der Waals surface area contributed by atoms with E-state index in [0.717, 1.165) is 45.3 Å². The summed E-state index contributed by atoms with van der Waals surface area (Å²) in [6.45, 7) is 4.31. The van der Waals surface area contributed by atoms with Gasteiger partial charge in [-0.05, 0) is 25.8 Å². The van der Waals surface area contributed by atoms with Crippen molar-refractivity contribution in [1.82, 2.24) is 9.80 Å². The maximum Gasteiger partial charge on any atom is 0.246 e. The zero-order valence-corrected chi connectivity index (χ0v) is 12.7. The summed E-state index contributed by atoms with van der Waals surface area (Å²) in [4.78, 5) is 26.4. The fourth-order valence-corrected chi connectivity index (χ4v) is 2.24. The Morgan fingerprint density at radius 1 is 1.30 bits per heavy atom. The molecule has 4 nitrogen and oxygen atoms in total. The predicted octanol–water partition coefficient (Wildman–Crippen LogP) is 2.37. The van der Waals surface area contributed by atoms with Crippen molar-refractivity contribution in [2.24, 2.45) is 0 Å². The fourth-order valence-electron chi connectivity index (χ4n) is 2.24. The Labute approximate surface area is 122 Å². The van der Waals surface area contributed by atoms with Gasteiger partial charge in [0.05, 0.1) is 0 Å². The topological polar surface area (TPSA) is 40.6 Å². The molecule has 1 aliphatic heterocycles. The van der Waals surface area contributed by atoms with E-state index in [9.17, 15) is 9.59 Å². The maximum atomic E-state index is 11.5. The van der Waals surface area contributed by atoms with Crippen molar-refractivity contribution in [3.05, 3.63) is 24.3 Å². The first-order valence-electron chi connectivity index (χ1n) is 7.48. The molecule has 0 aromatic heterocycles. The second-order valence-corrected chi connectivity index (χ2v) is 5.21. The van der Waals surface area contributed by atoms with Crippen molar-refractivity contribution in [3.63, 3.8) is 0 Å². The molecule has 2 amide bonds. The number of hydrogen-bond donors (Lipinski definition) is 0. The number of carbonyl (C=O) groups excluding carboxylic acids is 2. The van der Waals surface area contributed by atoms with E-state index in [1.807, 2.05) is 24.9 Å². The van der Waals surface area contributed by atoms with Crippen molar-refractivity contribution in [3.8, 4) is 0 Å². The number of allylic oxidation sites excluding steroid dienone is 1. The van der Waals surface area contributed by atoms with Gasteiger partial charge in [0, 0.05) is 32.8 Å². The second kappa shape index (κ2) is 9.34. The quantitative estimate of drug-likeness (QED) is 0.480. The van der Waals surface area contributed by atoms with Gasteiger partial charge in [-0.3, -0.25) is 9.59 Å². The Balaban J connectivity index is 1.94. The summed E-state index contributed by atoms with van der Waals surface area (Å²) >= 11 is 0. The summed E-state index contributed by atoms with van der Waals surface area (Å²) in [5, 5.41) is 0. The molecule has 0 saturated carbocycles. The Morgan fingerprint density at radius 2 is 2.00 bits per heavy atom. The van der Waals surface area contributed by atoms with Crippen LogP contribution in [0.25, 0.3) is 0 Å². The molecule has 0 saturated heterocycles. The van der Waals surface area contributed by atoms with Gasteiger partial charge < -0.3 is 9.80 Å². The molecule has 1 aliphatic rings. The lowest BCUT2D eigenvalue weighted by Crippen LogP contribution is -2.26. The highest BCUT2D eigenvalue weighted by atomic mass is 16.2. The Morgan fingerprint density at radius 3 is 2.65 bits per heavy atom. The highest BCUT2D eigenvalue weighted by molar-refractivity contribution is 5.89. The SMILES string of the molecule is C/C=C\C(=O)N(C)CCCCCCCN1CC=CC1=O. The molecule has 0 fully saturated rings. The molecule has 0 aromatic carbocycles. The number of nitrogens with zero attached hydrogens (tertiary/aromatic N) is 2. The molecule has 0 aliphatic carbocycles. The molecule has 0 radical (unpaired) electrons. The molecule has 0 N–H and O–H groups in total. The van der Waals surface area contributed by atoms with Gasteiger partial charge >= 0.3 is 0 Å². The molecule has 1 heterocycles. The van der Waals surface area contributed by atoms with Gasteiger partial charge in [0.15, 0.2) is 0 Å². The molecule has 1 rings (SSSR count). The molecule has 112 valence electrons. The van der Waals surface area contributed by atoms with Gasteiger partial charge in [-0.25, -0.2) is 0 Å². The van der Waals surface area contributed by atoms with Crippen LogP contribution in [0, 0.1) is 0 Å². The van der Waals surface area contributed by atoms with Crippen LogP contribution in [-0.4, -0.2) is 48.3 Å². The van der Waals surface area contributed by atoms with Crippen LogP contribution < -0.4 is 0 Å².